The Balaban J connectivity index is 2.15. The highest BCUT2D eigenvalue weighted by Crippen LogP contribution is 2.31. The van der Waals surface area contributed by atoms with Crippen LogP contribution in [0, 0.1) is 5.92 Å². The average Bonchev–Trinajstić information content (AvgIpc) is 2.39. The van der Waals surface area contributed by atoms with Crippen molar-refractivity contribution in [1.82, 2.24) is 0 Å². The van der Waals surface area contributed by atoms with Gasteiger partial charge in [-0.05, 0) is 43.4 Å². The molecule has 2 rings (SSSR count). The van der Waals surface area contributed by atoms with Gasteiger partial charge in [-0.3, -0.25) is 0 Å². The monoisotopic (exact) mass is 298 g/mol. The van der Waals surface area contributed by atoms with Gasteiger partial charge in [0.1, 0.15) is 4.99 Å². The minimum absolute atomic E-state index is 0.257. The van der Waals surface area contributed by atoms with E-state index in [9.17, 15) is 0 Å². The quantitative estimate of drug-likeness (QED) is 0.839. The Hall–Kier alpha value is -0.840. The molecule has 1 unspecified atom stereocenters. The fourth-order valence-corrected chi connectivity index (χ4v) is 3.05. The van der Waals surface area contributed by atoms with Crippen LogP contribution in [0.5, 0.6) is 0 Å². The summed E-state index contributed by atoms with van der Waals surface area (Å²) in [7, 11) is 0. The topological polar surface area (TPSA) is 49.5 Å². The summed E-state index contributed by atoms with van der Waals surface area (Å²) in [5.74, 6) is 0.546. The zero-order chi connectivity index (χ0) is 13.8. The summed E-state index contributed by atoms with van der Waals surface area (Å²) in [5.41, 5.74) is 7.43. The highest BCUT2D eigenvalue weighted by atomic mass is 35.5. The molecule has 0 aliphatic carbocycles. The van der Waals surface area contributed by atoms with Gasteiger partial charge in [0.15, 0.2) is 0 Å². The van der Waals surface area contributed by atoms with Crippen LogP contribution < -0.4 is 10.6 Å². The number of benzene rings is 1. The summed E-state index contributed by atoms with van der Waals surface area (Å²) >= 11 is 11.3. The van der Waals surface area contributed by atoms with E-state index in [2.05, 4.69) is 4.90 Å². The molecule has 1 saturated heterocycles. The third-order valence-electron chi connectivity index (χ3n) is 3.63. The van der Waals surface area contributed by atoms with Gasteiger partial charge < -0.3 is 15.7 Å². The first-order chi connectivity index (χ1) is 9.11. The van der Waals surface area contributed by atoms with Crippen molar-refractivity contribution in [3.8, 4) is 0 Å². The molecule has 3 nitrogen and oxygen atoms in total. The number of anilines is 1. The molecule has 1 fully saturated rings. The largest absolute Gasteiger partial charge is 0.396 e. The molecule has 1 aromatic rings. The second-order valence-electron chi connectivity index (χ2n) is 5.00. The third kappa shape index (κ3) is 3.59. The van der Waals surface area contributed by atoms with Crippen molar-refractivity contribution < 1.29 is 5.11 Å². The van der Waals surface area contributed by atoms with Gasteiger partial charge in [-0.1, -0.05) is 23.8 Å². The summed E-state index contributed by atoms with van der Waals surface area (Å²) in [5, 5.41) is 9.74. The van der Waals surface area contributed by atoms with Gasteiger partial charge in [0.25, 0.3) is 0 Å². The van der Waals surface area contributed by atoms with Gasteiger partial charge in [0.05, 0.1) is 10.7 Å². The molecule has 0 amide bonds. The van der Waals surface area contributed by atoms with E-state index >= 15 is 0 Å². The van der Waals surface area contributed by atoms with Crippen molar-refractivity contribution in [3.63, 3.8) is 0 Å². The highest BCUT2D eigenvalue weighted by Gasteiger charge is 2.21. The van der Waals surface area contributed by atoms with Gasteiger partial charge in [-0.15, -0.1) is 0 Å². The van der Waals surface area contributed by atoms with Crippen LogP contribution in [0.15, 0.2) is 18.2 Å². The molecular weight excluding hydrogens is 280 g/mol. The molecule has 5 heteroatoms. The summed E-state index contributed by atoms with van der Waals surface area (Å²) < 4.78 is 0. The Labute approximate surface area is 124 Å². The number of halogens is 1. The Kier molecular flexibility index (Phi) is 5.02. The Morgan fingerprint density at radius 2 is 2.32 bits per heavy atom. The molecule has 1 aromatic carbocycles. The lowest BCUT2D eigenvalue weighted by atomic mass is 9.94. The van der Waals surface area contributed by atoms with Gasteiger partial charge in [-0.25, -0.2) is 0 Å². The Bertz CT molecular complexity index is 465. The number of aliphatic hydroxyl groups excluding tert-OH is 1. The fraction of sp³-hybridized carbons (Fsp3) is 0.500. The van der Waals surface area contributed by atoms with E-state index in [0.717, 1.165) is 37.2 Å². The summed E-state index contributed by atoms with van der Waals surface area (Å²) in [6, 6.07) is 5.73. The zero-order valence-electron chi connectivity index (χ0n) is 10.8. The normalized spacial score (nSPS) is 19.5. The molecule has 104 valence electrons. The smallest absolute Gasteiger partial charge is 0.104 e. The van der Waals surface area contributed by atoms with Crippen LogP contribution in [0.25, 0.3) is 0 Å². The van der Waals surface area contributed by atoms with Crippen molar-refractivity contribution in [1.29, 1.82) is 0 Å². The molecule has 0 aromatic heterocycles. The number of nitrogens with zero attached hydrogens (tertiary/aromatic N) is 1. The lowest BCUT2D eigenvalue weighted by molar-refractivity contribution is 0.244. The number of hydrogen-bond donors (Lipinski definition) is 2. The maximum atomic E-state index is 9.05. The van der Waals surface area contributed by atoms with Crippen LogP contribution in [-0.2, 0) is 0 Å². The molecule has 3 N–H and O–H groups in total. The van der Waals surface area contributed by atoms with E-state index in [1.165, 1.54) is 6.42 Å². The number of piperidine rings is 1. The van der Waals surface area contributed by atoms with Crippen LogP contribution in [0.3, 0.4) is 0 Å². The van der Waals surface area contributed by atoms with Crippen molar-refractivity contribution >= 4 is 34.5 Å². The molecule has 1 atom stereocenters. The van der Waals surface area contributed by atoms with Crippen molar-refractivity contribution in [2.75, 3.05) is 24.6 Å². The summed E-state index contributed by atoms with van der Waals surface area (Å²) in [6.45, 7) is 2.22. The summed E-state index contributed by atoms with van der Waals surface area (Å²) in [4.78, 5) is 2.65. The van der Waals surface area contributed by atoms with E-state index in [1.807, 2.05) is 18.2 Å². The molecule has 1 aliphatic heterocycles. The number of aliphatic hydroxyl groups is 1. The van der Waals surface area contributed by atoms with E-state index in [4.69, 9.17) is 34.7 Å². The van der Waals surface area contributed by atoms with Gasteiger partial charge in [0.2, 0.25) is 0 Å². The molecule has 1 aliphatic rings. The van der Waals surface area contributed by atoms with Crippen molar-refractivity contribution in [2.24, 2.45) is 11.7 Å². The van der Waals surface area contributed by atoms with Gasteiger partial charge in [0, 0.05) is 25.3 Å². The van der Waals surface area contributed by atoms with Crippen LogP contribution in [-0.4, -0.2) is 29.8 Å². The van der Waals surface area contributed by atoms with E-state index < -0.39 is 0 Å². The Morgan fingerprint density at radius 1 is 1.53 bits per heavy atom. The highest BCUT2D eigenvalue weighted by molar-refractivity contribution is 7.80. The molecule has 0 radical (unpaired) electrons. The SMILES string of the molecule is NC(=S)c1ccc(N2CCCC(CCO)C2)c(Cl)c1. The maximum Gasteiger partial charge on any atom is 0.104 e. The number of nitrogens with two attached hydrogens (primary N) is 1. The zero-order valence-corrected chi connectivity index (χ0v) is 12.4. The summed E-state index contributed by atoms with van der Waals surface area (Å²) in [6.07, 6.45) is 3.18. The minimum atomic E-state index is 0.257. The van der Waals surface area contributed by atoms with Crippen LogP contribution in [0.4, 0.5) is 5.69 Å². The maximum absolute atomic E-state index is 9.05. The molecule has 0 bridgehead atoms. The second kappa shape index (κ2) is 6.55. The molecule has 0 saturated carbocycles. The van der Waals surface area contributed by atoms with Crippen LogP contribution >= 0.6 is 23.8 Å². The van der Waals surface area contributed by atoms with Gasteiger partial charge in [-0.2, -0.15) is 0 Å². The second-order valence-corrected chi connectivity index (χ2v) is 5.84. The fourth-order valence-electron chi connectivity index (χ4n) is 2.62. The molecule has 0 spiro atoms. The van der Waals surface area contributed by atoms with E-state index in [1.54, 1.807) is 0 Å². The Morgan fingerprint density at radius 3 is 2.95 bits per heavy atom. The van der Waals surface area contributed by atoms with Crippen molar-refractivity contribution in [3.05, 3.63) is 28.8 Å². The average molecular weight is 299 g/mol. The number of rotatable bonds is 4. The van der Waals surface area contributed by atoms with Gasteiger partial charge >= 0.3 is 0 Å². The van der Waals surface area contributed by atoms with E-state index in [0.29, 0.717) is 15.9 Å². The standard InChI is InChI=1S/C14H19ClN2OS/c15-12-8-11(14(16)19)3-4-13(12)17-6-1-2-10(9-17)5-7-18/h3-4,8,10,18H,1-2,5-7,9H2,(H2,16,19). The first-order valence-electron chi connectivity index (χ1n) is 6.57. The predicted octanol–water partition coefficient (Wildman–Crippen LogP) is 2.57. The van der Waals surface area contributed by atoms with Crippen LogP contribution in [0.2, 0.25) is 5.02 Å². The van der Waals surface area contributed by atoms with Crippen molar-refractivity contribution in [2.45, 2.75) is 19.3 Å². The minimum Gasteiger partial charge on any atom is -0.396 e. The number of thiocarbonyl (C=S) groups is 1. The first kappa shape index (κ1) is 14.6. The molecule has 1 heterocycles. The number of hydrogen-bond acceptors (Lipinski definition) is 3. The lowest BCUT2D eigenvalue weighted by Gasteiger charge is -2.34. The molecule has 19 heavy (non-hydrogen) atoms. The predicted molar refractivity (Wildman–Crippen MR) is 84.0 cm³/mol. The third-order valence-corrected chi connectivity index (χ3v) is 4.17. The lowest BCUT2D eigenvalue weighted by Crippen LogP contribution is -2.36. The van der Waals surface area contributed by atoms with Crippen LogP contribution in [0.1, 0.15) is 24.8 Å². The molecular formula is C14H19ClN2OS. The van der Waals surface area contributed by atoms with E-state index in [-0.39, 0.29) is 6.61 Å². The first-order valence-corrected chi connectivity index (χ1v) is 7.35.